The molecular formula is C18H17N3O4S. The minimum Gasteiger partial charge on any atom is -0.490 e. The summed E-state index contributed by atoms with van der Waals surface area (Å²) >= 11 is 1.14. The fraction of sp³-hybridized carbons (Fsp3) is 0.333. The average molecular weight is 371 g/mol. The van der Waals surface area contributed by atoms with Crippen LogP contribution in [0.5, 0.6) is 5.75 Å². The molecule has 26 heavy (non-hydrogen) atoms. The fourth-order valence-electron chi connectivity index (χ4n) is 3.11. The summed E-state index contributed by atoms with van der Waals surface area (Å²) in [5, 5.41) is 0. The first-order chi connectivity index (χ1) is 12.6. The van der Waals surface area contributed by atoms with Gasteiger partial charge in [-0.25, -0.2) is 4.79 Å². The van der Waals surface area contributed by atoms with E-state index in [-0.39, 0.29) is 12.0 Å². The van der Waals surface area contributed by atoms with E-state index >= 15 is 0 Å². The van der Waals surface area contributed by atoms with Crippen LogP contribution >= 0.6 is 11.7 Å². The number of piperidine rings is 1. The molecule has 0 saturated carbocycles. The normalized spacial score (nSPS) is 15.3. The highest BCUT2D eigenvalue weighted by atomic mass is 32.1. The molecule has 8 heteroatoms. The molecular weight excluding hydrogens is 354 g/mol. The molecule has 0 atom stereocenters. The van der Waals surface area contributed by atoms with Crippen molar-refractivity contribution in [1.82, 2.24) is 13.6 Å². The van der Waals surface area contributed by atoms with Crippen molar-refractivity contribution < 1.29 is 13.9 Å². The first-order valence-electron chi connectivity index (χ1n) is 8.38. The van der Waals surface area contributed by atoms with Gasteiger partial charge in [0, 0.05) is 37.6 Å². The van der Waals surface area contributed by atoms with Gasteiger partial charge in [0.25, 0.3) is 5.91 Å². The van der Waals surface area contributed by atoms with E-state index in [1.807, 2.05) is 11.0 Å². The molecule has 4 rings (SSSR count). The largest absolute Gasteiger partial charge is 0.490 e. The molecule has 1 aromatic carbocycles. The molecule has 3 aromatic rings. The maximum Gasteiger partial charge on any atom is 0.339 e. The third kappa shape index (κ3) is 3.45. The van der Waals surface area contributed by atoms with Crippen LogP contribution in [0, 0.1) is 6.92 Å². The van der Waals surface area contributed by atoms with Crippen LogP contribution in [0.15, 0.2) is 39.5 Å². The number of rotatable bonds is 3. The number of amides is 1. The van der Waals surface area contributed by atoms with Crippen LogP contribution in [0.25, 0.3) is 11.0 Å². The zero-order chi connectivity index (χ0) is 18.1. The lowest BCUT2D eigenvalue weighted by atomic mass is 10.1. The third-order valence-electron chi connectivity index (χ3n) is 4.40. The Morgan fingerprint density at radius 3 is 2.73 bits per heavy atom. The minimum absolute atomic E-state index is 0.00505. The van der Waals surface area contributed by atoms with Gasteiger partial charge in [-0.3, -0.25) is 4.79 Å². The van der Waals surface area contributed by atoms with Crippen molar-refractivity contribution in [3.63, 3.8) is 0 Å². The van der Waals surface area contributed by atoms with Gasteiger partial charge in [-0.1, -0.05) is 0 Å². The molecule has 1 aliphatic heterocycles. The van der Waals surface area contributed by atoms with Crippen molar-refractivity contribution in [2.24, 2.45) is 0 Å². The second-order valence-corrected chi connectivity index (χ2v) is 6.83. The molecule has 0 bridgehead atoms. The predicted octanol–water partition coefficient (Wildman–Crippen LogP) is 2.64. The predicted molar refractivity (Wildman–Crippen MR) is 96.7 cm³/mol. The van der Waals surface area contributed by atoms with E-state index in [2.05, 4.69) is 8.75 Å². The lowest BCUT2D eigenvalue weighted by Crippen LogP contribution is -2.41. The van der Waals surface area contributed by atoms with Crippen LogP contribution in [0.3, 0.4) is 0 Å². The summed E-state index contributed by atoms with van der Waals surface area (Å²) < 4.78 is 19.2. The van der Waals surface area contributed by atoms with E-state index in [0.29, 0.717) is 43.0 Å². The Balaban J connectivity index is 1.39. The van der Waals surface area contributed by atoms with Crippen LogP contribution in [0.1, 0.15) is 29.0 Å². The quantitative estimate of drug-likeness (QED) is 0.704. The number of aromatic nitrogens is 2. The van der Waals surface area contributed by atoms with Crippen LogP contribution < -0.4 is 10.4 Å². The fourth-order valence-corrected chi connectivity index (χ4v) is 3.63. The van der Waals surface area contributed by atoms with Gasteiger partial charge in [-0.05, 0) is 25.1 Å². The van der Waals surface area contributed by atoms with Crippen molar-refractivity contribution in [2.75, 3.05) is 13.1 Å². The van der Waals surface area contributed by atoms with Gasteiger partial charge < -0.3 is 14.1 Å². The Labute approximate surface area is 153 Å². The number of hydrogen-bond donors (Lipinski definition) is 0. The molecule has 0 N–H and O–H groups in total. The van der Waals surface area contributed by atoms with Crippen LogP contribution in [0.2, 0.25) is 0 Å². The Bertz CT molecular complexity index is 1000. The number of ether oxygens (including phenoxy) is 1. The summed E-state index contributed by atoms with van der Waals surface area (Å²) in [6.45, 7) is 2.93. The highest BCUT2D eigenvalue weighted by Gasteiger charge is 2.25. The van der Waals surface area contributed by atoms with E-state index in [1.54, 1.807) is 25.1 Å². The summed E-state index contributed by atoms with van der Waals surface area (Å²) in [5.74, 6) is 1.03. The maximum absolute atomic E-state index is 12.7. The van der Waals surface area contributed by atoms with Crippen LogP contribution in [-0.2, 0) is 0 Å². The topological polar surface area (TPSA) is 85.5 Å². The summed E-state index contributed by atoms with van der Waals surface area (Å²) in [5.41, 5.74) is 1.76. The number of aryl methyl sites for hydroxylation is 1. The van der Waals surface area contributed by atoms with Crippen molar-refractivity contribution in [3.8, 4) is 5.75 Å². The minimum atomic E-state index is -0.417. The lowest BCUT2D eigenvalue weighted by Gasteiger charge is -2.32. The van der Waals surface area contributed by atoms with Crippen molar-refractivity contribution in [2.45, 2.75) is 25.9 Å². The first kappa shape index (κ1) is 16.7. The zero-order valence-corrected chi connectivity index (χ0v) is 15.0. The van der Waals surface area contributed by atoms with Crippen molar-refractivity contribution in [1.29, 1.82) is 0 Å². The zero-order valence-electron chi connectivity index (χ0n) is 14.2. The van der Waals surface area contributed by atoms with E-state index in [4.69, 9.17) is 9.15 Å². The second kappa shape index (κ2) is 6.87. The highest BCUT2D eigenvalue weighted by Crippen LogP contribution is 2.21. The summed E-state index contributed by atoms with van der Waals surface area (Å²) in [6.07, 6.45) is 1.40. The van der Waals surface area contributed by atoms with Gasteiger partial charge >= 0.3 is 5.63 Å². The summed E-state index contributed by atoms with van der Waals surface area (Å²) in [7, 11) is 0. The van der Waals surface area contributed by atoms with Gasteiger partial charge in [-0.15, -0.1) is 0 Å². The van der Waals surface area contributed by atoms with E-state index in [1.165, 1.54) is 6.07 Å². The Morgan fingerprint density at radius 2 is 1.96 bits per heavy atom. The lowest BCUT2D eigenvalue weighted by molar-refractivity contribution is 0.0594. The van der Waals surface area contributed by atoms with Crippen LogP contribution in [-0.4, -0.2) is 38.7 Å². The van der Waals surface area contributed by atoms with Gasteiger partial charge in [0.2, 0.25) is 0 Å². The molecule has 1 amide bonds. The van der Waals surface area contributed by atoms with Crippen molar-refractivity contribution >= 4 is 28.7 Å². The molecule has 0 unspecified atom stereocenters. The summed E-state index contributed by atoms with van der Waals surface area (Å²) in [4.78, 5) is 25.9. The SMILES string of the molecule is Cc1cc(OC2CCN(C(=O)c3ccc4nsnc4c3)CC2)cc(=O)o1. The number of likely N-dealkylation sites (tertiary alicyclic amines) is 1. The number of fused-ring (bicyclic) bond motifs is 1. The van der Waals surface area contributed by atoms with Crippen molar-refractivity contribution in [3.05, 3.63) is 52.1 Å². The Morgan fingerprint density at radius 1 is 1.19 bits per heavy atom. The van der Waals surface area contributed by atoms with E-state index < -0.39 is 5.63 Å². The van der Waals surface area contributed by atoms with Gasteiger partial charge in [0.1, 0.15) is 28.6 Å². The molecule has 7 nitrogen and oxygen atoms in total. The monoisotopic (exact) mass is 371 g/mol. The molecule has 1 aliphatic rings. The Kier molecular flexibility index (Phi) is 4.42. The Hall–Kier alpha value is -2.74. The number of benzene rings is 1. The number of carbonyl (C=O) groups excluding carboxylic acids is 1. The first-order valence-corrected chi connectivity index (χ1v) is 9.11. The average Bonchev–Trinajstić information content (AvgIpc) is 3.08. The van der Waals surface area contributed by atoms with Gasteiger partial charge in [0.15, 0.2) is 0 Å². The summed E-state index contributed by atoms with van der Waals surface area (Å²) in [6, 6.07) is 8.46. The maximum atomic E-state index is 12.7. The standard InChI is InChI=1S/C18H17N3O4S/c1-11-8-14(10-17(22)24-11)25-13-4-6-21(7-5-13)18(23)12-2-3-15-16(9-12)20-26-19-15/h2-3,8-10,13H,4-7H2,1H3. The van der Waals surface area contributed by atoms with E-state index in [0.717, 1.165) is 22.8 Å². The smallest absolute Gasteiger partial charge is 0.339 e. The molecule has 1 fully saturated rings. The molecule has 0 spiro atoms. The number of hydrogen-bond acceptors (Lipinski definition) is 7. The molecule has 3 heterocycles. The number of nitrogens with zero attached hydrogens (tertiary/aromatic N) is 3. The molecule has 1 saturated heterocycles. The molecule has 0 radical (unpaired) electrons. The molecule has 2 aromatic heterocycles. The van der Waals surface area contributed by atoms with E-state index in [9.17, 15) is 9.59 Å². The number of carbonyl (C=O) groups is 1. The third-order valence-corrected chi connectivity index (χ3v) is 4.96. The van der Waals surface area contributed by atoms with Crippen LogP contribution in [0.4, 0.5) is 0 Å². The molecule has 0 aliphatic carbocycles. The highest BCUT2D eigenvalue weighted by molar-refractivity contribution is 7.00. The van der Waals surface area contributed by atoms with Gasteiger partial charge in [0.05, 0.1) is 17.8 Å². The molecule has 134 valence electrons. The second-order valence-electron chi connectivity index (χ2n) is 6.30. The van der Waals surface area contributed by atoms with Gasteiger partial charge in [-0.2, -0.15) is 8.75 Å².